The van der Waals surface area contributed by atoms with Gasteiger partial charge in [0.05, 0.1) is 12.7 Å². The molecule has 0 aliphatic heterocycles. The van der Waals surface area contributed by atoms with E-state index in [2.05, 4.69) is 5.32 Å². The summed E-state index contributed by atoms with van der Waals surface area (Å²) in [5.74, 6) is -1.78. The van der Waals surface area contributed by atoms with E-state index in [9.17, 15) is 27.9 Å². The van der Waals surface area contributed by atoms with E-state index in [0.717, 1.165) is 22.0 Å². The van der Waals surface area contributed by atoms with Gasteiger partial charge >= 0.3 is 12.1 Å². The maximum atomic E-state index is 12.6. The minimum atomic E-state index is -4.27. The van der Waals surface area contributed by atoms with Crippen molar-refractivity contribution in [2.45, 2.75) is 25.9 Å². The molecule has 2 aromatic carbocycles. The Hall–Kier alpha value is -3.49. The second-order valence-corrected chi connectivity index (χ2v) is 8.14. The van der Waals surface area contributed by atoms with E-state index in [-0.39, 0.29) is 12.1 Å². The molecule has 0 aliphatic rings. The Balaban J connectivity index is 1.84. The number of carbonyl (C=O) groups excluding carboxylic acids is 1. The smallest absolute Gasteiger partial charge is 0.389 e. The van der Waals surface area contributed by atoms with Crippen molar-refractivity contribution in [1.29, 1.82) is 0 Å². The molecule has 176 valence electrons. The number of methoxy groups -OCH3 is 1. The van der Waals surface area contributed by atoms with Crippen LogP contribution >= 0.6 is 0 Å². The fraction of sp³-hybridized carbons (Fsp3) is 0.333. The van der Waals surface area contributed by atoms with Crippen LogP contribution in [0.2, 0.25) is 0 Å². The number of rotatable bonds is 8. The predicted octanol–water partition coefficient (Wildman–Crippen LogP) is 4.79. The lowest BCUT2D eigenvalue weighted by Gasteiger charge is -2.15. The number of aryl methyl sites for hydroxylation is 1. The molecule has 1 atom stereocenters. The highest BCUT2D eigenvalue weighted by molar-refractivity contribution is 5.99. The largest absolute Gasteiger partial charge is 0.496 e. The van der Waals surface area contributed by atoms with Crippen LogP contribution in [0.5, 0.6) is 5.75 Å². The van der Waals surface area contributed by atoms with Crippen LogP contribution in [0.1, 0.15) is 45.2 Å². The van der Waals surface area contributed by atoms with Gasteiger partial charge in [-0.05, 0) is 47.4 Å². The van der Waals surface area contributed by atoms with Crippen molar-refractivity contribution in [2.75, 3.05) is 13.7 Å². The molecule has 0 unspecified atom stereocenters. The minimum absolute atomic E-state index is 0.0782. The Morgan fingerprint density at radius 1 is 1.12 bits per heavy atom. The number of hydrogen-bond acceptors (Lipinski definition) is 3. The third-order valence-electron chi connectivity index (χ3n) is 5.44. The maximum absolute atomic E-state index is 12.6. The van der Waals surface area contributed by atoms with Gasteiger partial charge in [-0.1, -0.05) is 13.0 Å². The van der Waals surface area contributed by atoms with E-state index in [0.29, 0.717) is 17.7 Å². The number of benzene rings is 2. The molecule has 3 aromatic rings. The van der Waals surface area contributed by atoms with E-state index in [1.807, 2.05) is 17.8 Å². The van der Waals surface area contributed by atoms with Gasteiger partial charge in [0.25, 0.3) is 5.91 Å². The Bertz CT molecular complexity index is 1180. The average Bonchev–Trinajstić information content (AvgIpc) is 3.05. The number of aromatic nitrogens is 1. The monoisotopic (exact) mass is 462 g/mol. The molecule has 1 amide bonds. The molecular formula is C24H25F3N2O4. The molecule has 0 spiro atoms. The first-order valence-electron chi connectivity index (χ1n) is 10.3. The van der Waals surface area contributed by atoms with Crippen molar-refractivity contribution in [2.24, 2.45) is 13.0 Å². The number of halogens is 3. The van der Waals surface area contributed by atoms with Gasteiger partial charge in [-0.3, -0.25) is 4.79 Å². The Labute approximate surface area is 189 Å². The highest BCUT2D eigenvalue weighted by atomic mass is 19.4. The third-order valence-corrected chi connectivity index (χ3v) is 5.44. The van der Waals surface area contributed by atoms with E-state index in [1.165, 1.54) is 26.2 Å². The Morgan fingerprint density at radius 2 is 1.82 bits per heavy atom. The summed E-state index contributed by atoms with van der Waals surface area (Å²) in [6, 6.07) is 9.80. The van der Waals surface area contributed by atoms with Crippen molar-refractivity contribution in [1.82, 2.24) is 9.88 Å². The number of ether oxygens (including phenoxy) is 1. The molecule has 0 saturated carbocycles. The number of carboxylic acids is 1. The average molecular weight is 462 g/mol. The van der Waals surface area contributed by atoms with Crippen LogP contribution in [-0.2, 0) is 13.5 Å². The topological polar surface area (TPSA) is 80.6 Å². The van der Waals surface area contributed by atoms with Crippen LogP contribution < -0.4 is 10.1 Å². The number of nitrogens with zero attached hydrogens (tertiary/aromatic N) is 1. The molecule has 0 fully saturated rings. The van der Waals surface area contributed by atoms with Gasteiger partial charge in [-0.15, -0.1) is 0 Å². The molecule has 1 aromatic heterocycles. The summed E-state index contributed by atoms with van der Waals surface area (Å²) in [5, 5.41) is 12.6. The molecule has 0 aliphatic carbocycles. The molecule has 1 heterocycles. The fourth-order valence-corrected chi connectivity index (χ4v) is 3.82. The molecule has 3 rings (SSSR count). The standard InChI is InChI=1S/C24H25F3N2O4/c1-14(11-24(25,26)27)12-28-22(30)16-6-7-20-19(9-16)18(13-29(20)2)8-15-4-5-17(23(31)32)10-21(15)33-3/h4-7,9-10,13-14H,8,11-12H2,1-3H3,(H,28,30)(H,31,32)/t14-/m1/s1. The van der Waals surface area contributed by atoms with Gasteiger partial charge in [0.15, 0.2) is 0 Å². The molecule has 0 saturated heterocycles. The fourth-order valence-electron chi connectivity index (χ4n) is 3.82. The Morgan fingerprint density at radius 3 is 2.45 bits per heavy atom. The van der Waals surface area contributed by atoms with Crippen molar-refractivity contribution in [3.05, 3.63) is 64.8 Å². The van der Waals surface area contributed by atoms with Gasteiger partial charge in [0.2, 0.25) is 0 Å². The van der Waals surface area contributed by atoms with Gasteiger partial charge in [-0.25, -0.2) is 4.79 Å². The lowest BCUT2D eigenvalue weighted by molar-refractivity contribution is -0.142. The summed E-state index contributed by atoms with van der Waals surface area (Å²) < 4.78 is 44.8. The van der Waals surface area contributed by atoms with Crippen LogP contribution in [0.25, 0.3) is 10.9 Å². The Kier molecular flexibility index (Phi) is 7.00. The van der Waals surface area contributed by atoms with Crippen molar-refractivity contribution < 1.29 is 32.6 Å². The number of carboxylic acid groups (broad SMARTS) is 1. The number of fused-ring (bicyclic) bond motifs is 1. The van der Waals surface area contributed by atoms with E-state index in [4.69, 9.17) is 4.74 Å². The zero-order chi connectivity index (χ0) is 24.3. The van der Waals surface area contributed by atoms with Gasteiger partial charge in [0, 0.05) is 49.1 Å². The highest BCUT2D eigenvalue weighted by Crippen LogP contribution is 2.29. The molecule has 2 N–H and O–H groups in total. The van der Waals surface area contributed by atoms with Gasteiger partial charge < -0.3 is 19.7 Å². The molecule has 33 heavy (non-hydrogen) atoms. The van der Waals surface area contributed by atoms with Crippen LogP contribution in [-0.4, -0.2) is 41.4 Å². The maximum Gasteiger partial charge on any atom is 0.389 e. The third kappa shape index (κ3) is 5.85. The summed E-state index contributed by atoms with van der Waals surface area (Å²) in [6.07, 6.45) is -2.88. The zero-order valence-corrected chi connectivity index (χ0v) is 18.5. The molecule has 0 radical (unpaired) electrons. The number of nitrogens with one attached hydrogen (secondary N) is 1. The van der Waals surface area contributed by atoms with E-state index < -0.39 is 30.4 Å². The minimum Gasteiger partial charge on any atom is -0.496 e. The van der Waals surface area contributed by atoms with Crippen LogP contribution in [0.15, 0.2) is 42.6 Å². The first kappa shape index (κ1) is 24.2. The second-order valence-electron chi connectivity index (χ2n) is 8.14. The highest BCUT2D eigenvalue weighted by Gasteiger charge is 2.30. The normalized spacial score (nSPS) is 12.5. The summed E-state index contributed by atoms with van der Waals surface area (Å²) >= 11 is 0. The number of aromatic carboxylic acids is 1. The van der Waals surface area contributed by atoms with Gasteiger partial charge in [-0.2, -0.15) is 13.2 Å². The predicted molar refractivity (Wildman–Crippen MR) is 118 cm³/mol. The van der Waals surface area contributed by atoms with E-state index in [1.54, 1.807) is 24.3 Å². The number of amides is 1. The van der Waals surface area contributed by atoms with Crippen LogP contribution in [0.4, 0.5) is 13.2 Å². The van der Waals surface area contributed by atoms with E-state index >= 15 is 0 Å². The summed E-state index contributed by atoms with van der Waals surface area (Å²) in [7, 11) is 3.34. The zero-order valence-electron chi connectivity index (χ0n) is 18.5. The molecule has 0 bridgehead atoms. The molecule has 6 nitrogen and oxygen atoms in total. The van der Waals surface area contributed by atoms with Crippen LogP contribution in [0.3, 0.4) is 0 Å². The summed E-state index contributed by atoms with van der Waals surface area (Å²) in [4.78, 5) is 23.8. The number of hydrogen-bond donors (Lipinski definition) is 2. The number of alkyl halides is 3. The first-order chi connectivity index (χ1) is 15.5. The van der Waals surface area contributed by atoms with Crippen molar-refractivity contribution in [3.63, 3.8) is 0 Å². The lowest BCUT2D eigenvalue weighted by atomic mass is 10.0. The SMILES string of the molecule is COc1cc(C(=O)O)ccc1Cc1cn(C)c2ccc(C(=O)NC[C@H](C)CC(F)(F)F)cc12. The summed E-state index contributed by atoms with van der Waals surface area (Å²) in [6.45, 7) is 1.36. The lowest BCUT2D eigenvalue weighted by Crippen LogP contribution is -2.30. The van der Waals surface area contributed by atoms with Gasteiger partial charge in [0.1, 0.15) is 5.75 Å². The first-order valence-corrected chi connectivity index (χ1v) is 10.3. The number of carbonyl (C=O) groups is 2. The quantitative estimate of drug-likeness (QED) is 0.504. The summed E-state index contributed by atoms with van der Waals surface area (Å²) in [5.41, 5.74) is 3.03. The molecule has 9 heteroatoms. The second kappa shape index (κ2) is 9.56. The molecular weight excluding hydrogens is 437 g/mol. The van der Waals surface area contributed by atoms with Crippen molar-refractivity contribution in [3.8, 4) is 5.75 Å². The van der Waals surface area contributed by atoms with Crippen LogP contribution in [0, 0.1) is 5.92 Å². The van der Waals surface area contributed by atoms with Crippen molar-refractivity contribution >= 4 is 22.8 Å².